The van der Waals surface area contributed by atoms with Crippen LogP contribution in [0.15, 0.2) is 10.1 Å². The molecule has 0 aromatic heterocycles. The fourth-order valence-corrected chi connectivity index (χ4v) is 1.18. The molecule has 2 heterocycles. The van der Waals surface area contributed by atoms with E-state index in [0.29, 0.717) is 5.84 Å². The van der Waals surface area contributed by atoms with E-state index in [1.807, 2.05) is 0 Å². The molecule has 2 rings (SSSR count). The van der Waals surface area contributed by atoms with E-state index in [9.17, 15) is 4.79 Å². The lowest BCUT2D eigenvalue weighted by Crippen LogP contribution is -2.46. The Morgan fingerprint density at radius 3 is 3.27 bits per heavy atom. The van der Waals surface area contributed by atoms with Gasteiger partial charge in [0.2, 0.25) is 5.91 Å². The van der Waals surface area contributed by atoms with Gasteiger partial charge in [0.1, 0.15) is 11.8 Å². The Bertz CT molecular complexity index is 257. The molecule has 2 unspecified atom stereocenters. The van der Waals surface area contributed by atoms with Crippen molar-refractivity contribution in [2.24, 2.45) is 16.0 Å². The van der Waals surface area contributed by atoms with E-state index >= 15 is 0 Å². The Morgan fingerprint density at radius 2 is 2.45 bits per heavy atom. The normalized spacial score (nSPS) is 33.9. The maximum atomic E-state index is 11.2. The minimum atomic E-state index is -0.223. The summed E-state index contributed by atoms with van der Waals surface area (Å²) in [5.41, 5.74) is 2.74. The van der Waals surface area contributed by atoms with Crippen molar-refractivity contribution in [2.45, 2.75) is 13.1 Å². The molecular weight excluding hydrogens is 144 g/mol. The van der Waals surface area contributed by atoms with E-state index in [1.165, 1.54) is 0 Å². The Balaban J connectivity index is 2.30. The molecule has 5 nitrogen and oxygen atoms in total. The predicted octanol–water partition coefficient (Wildman–Crippen LogP) is -0.934. The van der Waals surface area contributed by atoms with Crippen molar-refractivity contribution in [3.63, 3.8) is 0 Å². The number of hydrogen-bond acceptors (Lipinski definition) is 4. The van der Waals surface area contributed by atoms with Crippen LogP contribution in [0, 0.1) is 5.92 Å². The Kier molecular flexibility index (Phi) is 1.18. The monoisotopic (exact) mass is 152 g/mol. The summed E-state index contributed by atoms with van der Waals surface area (Å²) in [7, 11) is 0. The number of nitrogens with one attached hydrogen (secondary N) is 2. The third-order valence-corrected chi connectivity index (χ3v) is 1.72. The molecule has 2 N–H and O–H groups in total. The first-order valence-electron chi connectivity index (χ1n) is 3.41. The summed E-state index contributed by atoms with van der Waals surface area (Å²) in [4.78, 5) is 15.3. The SMILES string of the molecule is CC1=NC2NN=CC2C(=O)N1. The Labute approximate surface area is 63.6 Å². The highest BCUT2D eigenvalue weighted by molar-refractivity contribution is 6.06. The molecule has 0 aromatic carbocycles. The lowest BCUT2D eigenvalue weighted by atomic mass is 10.1. The van der Waals surface area contributed by atoms with Crippen LogP contribution in [0.4, 0.5) is 0 Å². The van der Waals surface area contributed by atoms with Crippen LogP contribution in [0.3, 0.4) is 0 Å². The molecule has 2 aliphatic rings. The number of aliphatic imine (C=N–C) groups is 1. The molecule has 0 bridgehead atoms. The van der Waals surface area contributed by atoms with E-state index < -0.39 is 0 Å². The van der Waals surface area contributed by atoms with Gasteiger partial charge in [-0.3, -0.25) is 10.2 Å². The van der Waals surface area contributed by atoms with Gasteiger partial charge in [0, 0.05) is 6.21 Å². The standard InChI is InChI=1S/C6H8N4O/c1-3-8-5-4(2-7-10-5)6(11)9-3/h2,4-5,10H,1H3,(H,8,9,11). The van der Waals surface area contributed by atoms with Crippen molar-refractivity contribution in [3.05, 3.63) is 0 Å². The van der Waals surface area contributed by atoms with E-state index in [4.69, 9.17) is 0 Å². The van der Waals surface area contributed by atoms with Crippen LogP contribution in [-0.4, -0.2) is 24.1 Å². The number of amidine groups is 1. The first kappa shape index (κ1) is 6.33. The molecule has 0 spiro atoms. The Morgan fingerprint density at radius 1 is 1.64 bits per heavy atom. The van der Waals surface area contributed by atoms with Crippen molar-refractivity contribution in [3.8, 4) is 0 Å². The molecule has 58 valence electrons. The van der Waals surface area contributed by atoms with Crippen LogP contribution >= 0.6 is 0 Å². The molecule has 0 aromatic rings. The van der Waals surface area contributed by atoms with Gasteiger partial charge >= 0.3 is 0 Å². The highest BCUT2D eigenvalue weighted by atomic mass is 16.2. The summed E-state index contributed by atoms with van der Waals surface area (Å²) in [5, 5.41) is 6.40. The smallest absolute Gasteiger partial charge is 0.237 e. The molecule has 0 saturated carbocycles. The molecule has 5 heteroatoms. The average molecular weight is 152 g/mol. The molecule has 0 aliphatic carbocycles. The third kappa shape index (κ3) is 0.886. The number of fused-ring (bicyclic) bond motifs is 1. The van der Waals surface area contributed by atoms with Gasteiger partial charge in [0.25, 0.3) is 0 Å². The summed E-state index contributed by atoms with van der Waals surface area (Å²) in [5.74, 6) is 0.393. The zero-order valence-corrected chi connectivity index (χ0v) is 6.03. The number of carbonyl (C=O) groups is 1. The van der Waals surface area contributed by atoms with Crippen LogP contribution in [0.1, 0.15) is 6.92 Å². The fourth-order valence-electron chi connectivity index (χ4n) is 1.18. The quantitative estimate of drug-likeness (QED) is 0.470. The molecule has 0 saturated heterocycles. The summed E-state index contributed by atoms with van der Waals surface area (Å²) >= 11 is 0. The van der Waals surface area contributed by atoms with Crippen molar-refractivity contribution in [1.82, 2.24) is 10.7 Å². The van der Waals surface area contributed by atoms with Crippen LogP contribution < -0.4 is 10.7 Å². The summed E-state index contributed by atoms with van der Waals surface area (Å²) < 4.78 is 0. The fraction of sp³-hybridized carbons (Fsp3) is 0.500. The van der Waals surface area contributed by atoms with Crippen molar-refractivity contribution >= 4 is 18.0 Å². The molecule has 0 radical (unpaired) electrons. The van der Waals surface area contributed by atoms with Gasteiger partial charge in [0.15, 0.2) is 6.17 Å². The Hall–Kier alpha value is -1.39. The molecule has 2 aliphatic heterocycles. The van der Waals surface area contributed by atoms with Crippen molar-refractivity contribution < 1.29 is 4.79 Å². The second-order valence-corrected chi connectivity index (χ2v) is 2.58. The van der Waals surface area contributed by atoms with Crippen LogP contribution in [-0.2, 0) is 4.79 Å². The number of nitrogens with zero attached hydrogens (tertiary/aromatic N) is 2. The number of hydrogen-bond donors (Lipinski definition) is 2. The topological polar surface area (TPSA) is 65.8 Å². The second-order valence-electron chi connectivity index (χ2n) is 2.58. The van der Waals surface area contributed by atoms with Crippen molar-refractivity contribution in [2.75, 3.05) is 0 Å². The van der Waals surface area contributed by atoms with Gasteiger partial charge < -0.3 is 5.32 Å². The summed E-state index contributed by atoms with van der Waals surface area (Å²) in [6, 6.07) is 0. The highest BCUT2D eigenvalue weighted by Crippen LogP contribution is 2.12. The van der Waals surface area contributed by atoms with Gasteiger partial charge in [-0.05, 0) is 6.92 Å². The maximum Gasteiger partial charge on any atom is 0.237 e. The van der Waals surface area contributed by atoms with E-state index in [1.54, 1.807) is 13.1 Å². The van der Waals surface area contributed by atoms with Gasteiger partial charge in [-0.15, -0.1) is 0 Å². The van der Waals surface area contributed by atoms with Crippen molar-refractivity contribution in [1.29, 1.82) is 0 Å². The van der Waals surface area contributed by atoms with Gasteiger partial charge in [-0.1, -0.05) is 0 Å². The number of hydrazone groups is 1. The molecule has 0 fully saturated rings. The van der Waals surface area contributed by atoms with Gasteiger partial charge in [-0.25, -0.2) is 4.99 Å². The predicted molar refractivity (Wildman–Crippen MR) is 40.2 cm³/mol. The van der Waals surface area contributed by atoms with E-state index in [-0.39, 0.29) is 18.0 Å². The largest absolute Gasteiger partial charge is 0.314 e. The first-order chi connectivity index (χ1) is 5.27. The molecule has 11 heavy (non-hydrogen) atoms. The number of rotatable bonds is 0. The summed E-state index contributed by atoms with van der Waals surface area (Å²) in [6.07, 6.45) is 1.40. The zero-order chi connectivity index (χ0) is 7.84. The minimum absolute atomic E-state index is 0.0312. The lowest BCUT2D eigenvalue weighted by molar-refractivity contribution is -0.122. The molecule has 2 atom stereocenters. The second kappa shape index (κ2) is 2.05. The average Bonchev–Trinajstić information content (AvgIpc) is 2.34. The zero-order valence-electron chi connectivity index (χ0n) is 6.03. The lowest BCUT2D eigenvalue weighted by Gasteiger charge is -2.19. The van der Waals surface area contributed by atoms with Crippen LogP contribution in [0.5, 0.6) is 0 Å². The molecule has 1 amide bonds. The minimum Gasteiger partial charge on any atom is -0.314 e. The molecular formula is C6H8N4O. The number of carbonyl (C=O) groups excluding carboxylic acids is 1. The van der Waals surface area contributed by atoms with Crippen LogP contribution in [0.25, 0.3) is 0 Å². The number of amides is 1. The maximum absolute atomic E-state index is 11.2. The first-order valence-corrected chi connectivity index (χ1v) is 3.41. The summed E-state index contributed by atoms with van der Waals surface area (Å²) in [6.45, 7) is 1.76. The highest BCUT2D eigenvalue weighted by Gasteiger charge is 2.33. The van der Waals surface area contributed by atoms with Gasteiger partial charge in [-0.2, -0.15) is 5.10 Å². The van der Waals surface area contributed by atoms with Gasteiger partial charge in [0.05, 0.1) is 0 Å². The van der Waals surface area contributed by atoms with Crippen LogP contribution in [0.2, 0.25) is 0 Å². The van der Waals surface area contributed by atoms with E-state index in [2.05, 4.69) is 20.8 Å². The van der Waals surface area contributed by atoms with E-state index in [0.717, 1.165) is 0 Å². The third-order valence-electron chi connectivity index (χ3n) is 1.72.